The van der Waals surface area contributed by atoms with Gasteiger partial charge in [0.2, 0.25) is 0 Å². The molecule has 0 amide bonds. The Morgan fingerprint density at radius 3 is 2.47 bits per heavy atom. The largest absolute Gasteiger partial charge is 0.434 e. The van der Waals surface area contributed by atoms with Crippen LogP contribution < -0.4 is 10.1 Å². The number of hydrogen-bond acceptors (Lipinski definition) is 3. The third-order valence-corrected chi connectivity index (χ3v) is 3.10. The van der Waals surface area contributed by atoms with Crippen molar-refractivity contribution >= 4 is 0 Å². The number of alkyl halides is 2. The summed E-state index contributed by atoms with van der Waals surface area (Å²) >= 11 is 0. The molecule has 0 saturated heterocycles. The third kappa shape index (κ3) is 5.12. The first-order valence-corrected chi connectivity index (χ1v) is 6.33. The topological polar surface area (TPSA) is 41.5 Å². The van der Waals surface area contributed by atoms with Gasteiger partial charge in [0.15, 0.2) is 0 Å². The van der Waals surface area contributed by atoms with Gasteiger partial charge in [0.1, 0.15) is 5.75 Å². The Morgan fingerprint density at radius 1 is 1.26 bits per heavy atom. The van der Waals surface area contributed by atoms with E-state index in [9.17, 15) is 8.78 Å². The van der Waals surface area contributed by atoms with Crippen molar-refractivity contribution < 1.29 is 18.6 Å². The second-order valence-electron chi connectivity index (χ2n) is 4.72. The van der Waals surface area contributed by atoms with E-state index in [4.69, 9.17) is 5.11 Å². The van der Waals surface area contributed by atoms with Crippen LogP contribution in [0.15, 0.2) is 12.1 Å². The quantitative estimate of drug-likeness (QED) is 0.802. The van der Waals surface area contributed by atoms with Crippen molar-refractivity contribution in [3.8, 4) is 5.75 Å². The van der Waals surface area contributed by atoms with Crippen LogP contribution in [-0.4, -0.2) is 24.4 Å². The predicted octanol–water partition coefficient (Wildman–Crippen LogP) is 2.77. The number of benzene rings is 1. The van der Waals surface area contributed by atoms with Gasteiger partial charge in [-0.1, -0.05) is 6.07 Å². The van der Waals surface area contributed by atoms with Crippen LogP contribution in [0.1, 0.15) is 30.0 Å². The number of aliphatic hydroxyl groups excluding tert-OH is 1. The van der Waals surface area contributed by atoms with E-state index >= 15 is 0 Å². The summed E-state index contributed by atoms with van der Waals surface area (Å²) in [4.78, 5) is 0. The zero-order chi connectivity index (χ0) is 14.4. The maximum absolute atomic E-state index is 12.4. The maximum atomic E-state index is 12.4. The highest BCUT2D eigenvalue weighted by molar-refractivity contribution is 5.41. The average Bonchev–Trinajstić information content (AvgIpc) is 2.31. The third-order valence-electron chi connectivity index (χ3n) is 3.10. The smallest absolute Gasteiger partial charge is 0.387 e. The zero-order valence-corrected chi connectivity index (χ0v) is 11.5. The number of ether oxygens (including phenoxy) is 1. The van der Waals surface area contributed by atoms with Gasteiger partial charge in [-0.2, -0.15) is 8.78 Å². The Morgan fingerprint density at radius 2 is 1.89 bits per heavy atom. The van der Waals surface area contributed by atoms with Crippen molar-refractivity contribution in [3.05, 3.63) is 28.8 Å². The van der Waals surface area contributed by atoms with Gasteiger partial charge in [0.05, 0.1) is 0 Å². The van der Waals surface area contributed by atoms with Gasteiger partial charge in [-0.25, -0.2) is 0 Å². The summed E-state index contributed by atoms with van der Waals surface area (Å²) in [5, 5.41) is 12.0. The molecule has 108 valence electrons. The summed E-state index contributed by atoms with van der Waals surface area (Å²) in [5.74, 6) is 0.210. The number of aryl methyl sites for hydroxylation is 2. The van der Waals surface area contributed by atoms with Crippen LogP contribution in [0.4, 0.5) is 8.78 Å². The highest BCUT2D eigenvalue weighted by Gasteiger charge is 2.12. The van der Waals surface area contributed by atoms with Crippen molar-refractivity contribution in [2.75, 3.05) is 6.61 Å². The molecule has 0 saturated carbocycles. The Labute approximate surface area is 112 Å². The van der Waals surface area contributed by atoms with Gasteiger partial charge in [0, 0.05) is 24.8 Å². The monoisotopic (exact) mass is 273 g/mol. The van der Waals surface area contributed by atoms with Crippen LogP contribution in [0, 0.1) is 13.8 Å². The molecule has 1 aromatic rings. The van der Waals surface area contributed by atoms with Gasteiger partial charge < -0.3 is 15.2 Å². The summed E-state index contributed by atoms with van der Waals surface area (Å²) < 4.78 is 29.3. The normalized spacial score (nSPS) is 12.8. The molecule has 0 aliphatic carbocycles. The number of rotatable bonds is 7. The Bertz CT molecular complexity index is 411. The fourth-order valence-electron chi connectivity index (χ4n) is 1.77. The molecule has 0 aliphatic rings. The molecule has 0 bridgehead atoms. The van der Waals surface area contributed by atoms with Gasteiger partial charge in [-0.15, -0.1) is 0 Å². The fraction of sp³-hybridized carbons (Fsp3) is 0.571. The molecule has 1 atom stereocenters. The van der Waals surface area contributed by atoms with Crippen LogP contribution in [0.3, 0.4) is 0 Å². The van der Waals surface area contributed by atoms with E-state index in [0.717, 1.165) is 11.1 Å². The van der Waals surface area contributed by atoms with Crippen molar-refractivity contribution in [2.24, 2.45) is 0 Å². The van der Waals surface area contributed by atoms with E-state index < -0.39 is 6.61 Å². The van der Waals surface area contributed by atoms with E-state index in [0.29, 0.717) is 18.5 Å². The van der Waals surface area contributed by atoms with Gasteiger partial charge in [-0.05, 0) is 44.4 Å². The molecule has 0 aromatic heterocycles. The van der Waals surface area contributed by atoms with Crippen LogP contribution >= 0.6 is 0 Å². The van der Waals surface area contributed by atoms with Gasteiger partial charge in [-0.3, -0.25) is 0 Å². The summed E-state index contributed by atoms with van der Waals surface area (Å²) in [6.45, 7) is 3.44. The molecule has 0 fully saturated rings. The minimum atomic E-state index is -2.82. The first-order chi connectivity index (χ1) is 8.93. The minimum absolute atomic E-state index is 0.0987. The van der Waals surface area contributed by atoms with E-state index in [1.54, 1.807) is 6.07 Å². The average molecular weight is 273 g/mol. The molecular formula is C14H21F2NO2. The molecular weight excluding hydrogens is 252 g/mol. The van der Waals surface area contributed by atoms with Crippen molar-refractivity contribution in [1.82, 2.24) is 5.32 Å². The second-order valence-corrected chi connectivity index (χ2v) is 4.72. The van der Waals surface area contributed by atoms with E-state index in [2.05, 4.69) is 10.1 Å². The fourth-order valence-corrected chi connectivity index (χ4v) is 1.77. The molecule has 1 unspecified atom stereocenters. The molecule has 5 heteroatoms. The molecule has 1 aromatic carbocycles. The SMILES string of the molecule is Cc1cc(CNC(C)CCO)c(OC(F)F)cc1C. The van der Waals surface area contributed by atoms with Crippen LogP contribution in [0.25, 0.3) is 0 Å². The summed E-state index contributed by atoms with van der Waals surface area (Å²) in [6, 6.07) is 3.60. The lowest BCUT2D eigenvalue weighted by atomic mass is 10.0. The van der Waals surface area contributed by atoms with Gasteiger partial charge in [0.25, 0.3) is 0 Å². The Hall–Kier alpha value is -1.20. The lowest BCUT2D eigenvalue weighted by molar-refractivity contribution is -0.0505. The predicted molar refractivity (Wildman–Crippen MR) is 70.6 cm³/mol. The highest BCUT2D eigenvalue weighted by Crippen LogP contribution is 2.25. The number of hydrogen-bond donors (Lipinski definition) is 2. The highest BCUT2D eigenvalue weighted by atomic mass is 19.3. The van der Waals surface area contributed by atoms with Crippen molar-refractivity contribution in [1.29, 1.82) is 0 Å². The summed E-state index contributed by atoms with van der Waals surface area (Å²) in [5.41, 5.74) is 2.66. The van der Waals surface area contributed by atoms with Crippen molar-refractivity contribution in [3.63, 3.8) is 0 Å². The van der Waals surface area contributed by atoms with E-state index in [1.165, 1.54) is 0 Å². The molecule has 1 rings (SSSR count). The standard InChI is InChI=1S/C14H21F2NO2/c1-9-6-12(8-17-11(3)4-5-18)13(7-10(9)2)19-14(15)16/h6-7,11,14,17-18H,4-5,8H2,1-3H3. The second kappa shape index (κ2) is 7.40. The lowest BCUT2D eigenvalue weighted by Gasteiger charge is -2.17. The zero-order valence-electron chi connectivity index (χ0n) is 11.5. The maximum Gasteiger partial charge on any atom is 0.387 e. The minimum Gasteiger partial charge on any atom is -0.434 e. The van der Waals surface area contributed by atoms with Crippen LogP contribution in [-0.2, 0) is 6.54 Å². The summed E-state index contributed by atoms with van der Waals surface area (Å²) in [6.07, 6.45) is 0.621. The Balaban J connectivity index is 2.82. The van der Waals surface area contributed by atoms with Crippen LogP contribution in [0.5, 0.6) is 5.75 Å². The first kappa shape index (κ1) is 15.9. The Kier molecular flexibility index (Phi) is 6.18. The molecule has 2 N–H and O–H groups in total. The molecule has 19 heavy (non-hydrogen) atoms. The first-order valence-electron chi connectivity index (χ1n) is 6.33. The molecule has 0 spiro atoms. The molecule has 3 nitrogen and oxygen atoms in total. The van der Waals surface area contributed by atoms with Crippen LogP contribution in [0.2, 0.25) is 0 Å². The number of nitrogens with one attached hydrogen (secondary N) is 1. The molecule has 0 heterocycles. The number of halogens is 2. The van der Waals surface area contributed by atoms with Gasteiger partial charge >= 0.3 is 6.61 Å². The molecule has 0 radical (unpaired) electrons. The van der Waals surface area contributed by atoms with E-state index in [-0.39, 0.29) is 18.4 Å². The number of aliphatic hydroxyl groups is 1. The van der Waals surface area contributed by atoms with E-state index in [1.807, 2.05) is 26.8 Å². The summed E-state index contributed by atoms with van der Waals surface area (Å²) in [7, 11) is 0. The lowest BCUT2D eigenvalue weighted by Crippen LogP contribution is -2.26. The molecule has 0 aliphatic heterocycles. The van der Waals surface area contributed by atoms with Crippen molar-refractivity contribution in [2.45, 2.75) is 46.4 Å².